The number of halogens is 1. The molecule has 0 saturated heterocycles. The van der Waals surface area contributed by atoms with E-state index in [1.807, 2.05) is 13.0 Å². The Labute approximate surface area is 132 Å². The van der Waals surface area contributed by atoms with Crippen molar-refractivity contribution in [1.82, 2.24) is 0 Å². The quantitative estimate of drug-likeness (QED) is 0.809. The van der Waals surface area contributed by atoms with E-state index in [0.29, 0.717) is 15.9 Å². The number of rotatable bonds is 4. The predicted molar refractivity (Wildman–Crippen MR) is 87.1 cm³/mol. The fourth-order valence-corrected chi connectivity index (χ4v) is 3.48. The summed E-state index contributed by atoms with van der Waals surface area (Å²) in [6, 6.07) is 9.84. The molecule has 0 heterocycles. The molecule has 0 unspecified atom stereocenters. The predicted octanol–water partition coefficient (Wildman–Crippen LogP) is 3.15. The summed E-state index contributed by atoms with van der Waals surface area (Å²) in [5.41, 5.74) is 7.33. The Morgan fingerprint density at radius 3 is 2.52 bits per heavy atom. The van der Waals surface area contributed by atoms with Crippen LogP contribution in [0.1, 0.15) is 5.56 Å². The summed E-state index contributed by atoms with van der Waals surface area (Å²) < 4.78 is 33.1. The molecule has 0 amide bonds. The Kier molecular flexibility index (Phi) is 4.43. The second-order valence-electron chi connectivity index (χ2n) is 4.49. The molecule has 21 heavy (non-hydrogen) atoms. The van der Waals surface area contributed by atoms with Gasteiger partial charge in [0.25, 0.3) is 10.0 Å². The van der Waals surface area contributed by atoms with Gasteiger partial charge in [0.2, 0.25) is 0 Å². The number of nitrogens with one attached hydrogen (secondary N) is 1. The smallest absolute Gasteiger partial charge is 0.263 e. The van der Waals surface area contributed by atoms with Gasteiger partial charge in [-0.15, -0.1) is 0 Å². The van der Waals surface area contributed by atoms with Gasteiger partial charge in [-0.25, -0.2) is 8.42 Å². The van der Waals surface area contributed by atoms with Crippen LogP contribution in [0.3, 0.4) is 0 Å². The molecule has 0 atom stereocenters. The van der Waals surface area contributed by atoms with Crippen LogP contribution in [0.5, 0.6) is 5.75 Å². The van der Waals surface area contributed by atoms with Crippen molar-refractivity contribution < 1.29 is 13.2 Å². The maximum atomic E-state index is 12.4. The summed E-state index contributed by atoms with van der Waals surface area (Å²) in [6.07, 6.45) is 0. The highest BCUT2D eigenvalue weighted by Gasteiger charge is 2.19. The summed E-state index contributed by atoms with van der Waals surface area (Å²) in [5, 5.41) is 0. The van der Waals surface area contributed by atoms with Crippen molar-refractivity contribution in [2.24, 2.45) is 0 Å². The van der Waals surface area contributed by atoms with Gasteiger partial charge in [0.1, 0.15) is 10.6 Å². The minimum atomic E-state index is -3.77. The molecule has 2 aromatic rings. The number of methoxy groups -OCH3 is 1. The fourth-order valence-electron chi connectivity index (χ4n) is 1.82. The minimum Gasteiger partial charge on any atom is -0.497 e. The van der Waals surface area contributed by atoms with E-state index in [1.54, 1.807) is 18.2 Å². The zero-order chi connectivity index (χ0) is 15.6. The van der Waals surface area contributed by atoms with E-state index in [4.69, 9.17) is 10.5 Å². The van der Waals surface area contributed by atoms with E-state index in [9.17, 15) is 8.42 Å². The lowest BCUT2D eigenvalue weighted by molar-refractivity contribution is 0.414. The van der Waals surface area contributed by atoms with E-state index in [2.05, 4.69) is 20.7 Å². The molecule has 0 radical (unpaired) electrons. The van der Waals surface area contributed by atoms with Crippen molar-refractivity contribution >= 4 is 37.3 Å². The third-order valence-electron chi connectivity index (χ3n) is 2.87. The third-order valence-corrected chi connectivity index (χ3v) is 5.00. The Balaban J connectivity index is 2.41. The zero-order valence-corrected chi connectivity index (χ0v) is 14.0. The van der Waals surface area contributed by atoms with Crippen molar-refractivity contribution in [2.75, 3.05) is 17.6 Å². The molecule has 0 aliphatic heterocycles. The molecule has 0 fully saturated rings. The van der Waals surface area contributed by atoms with Crippen LogP contribution in [-0.4, -0.2) is 15.5 Å². The van der Waals surface area contributed by atoms with Crippen molar-refractivity contribution in [3.8, 4) is 5.75 Å². The molecule has 112 valence electrons. The van der Waals surface area contributed by atoms with Gasteiger partial charge >= 0.3 is 0 Å². The number of hydrogen-bond donors (Lipinski definition) is 2. The van der Waals surface area contributed by atoms with Crippen LogP contribution in [0, 0.1) is 6.92 Å². The topological polar surface area (TPSA) is 81.4 Å². The van der Waals surface area contributed by atoms with Crippen LogP contribution in [-0.2, 0) is 10.0 Å². The maximum absolute atomic E-state index is 12.4. The number of aryl methyl sites for hydroxylation is 1. The fraction of sp³-hybridized carbons (Fsp3) is 0.143. The number of anilines is 2. The average Bonchev–Trinajstić information content (AvgIpc) is 2.42. The first-order chi connectivity index (χ1) is 9.83. The first-order valence-corrected chi connectivity index (χ1v) is 8.33. The maximum Gasteiger partial charge on any atom is 0.263 e. The Hall–Kier alpha value is -1.73. The third kappa shape index (κ3) is 3.48. The minimum absolute atomic E-state index is 0.0108. The molecular formula is C14H15BrN2O3S. The lowest BCUT2D eigenvalue weighted by Crippen LogP contribution is -2.15. The van der Waals surface area contributed by atoms with Gasteiger partial charge in [-0.2, -0.15) is 0 Å². The van der Waals surface area contributed by atoms with Gasteiger partial charge in [0.15, 0.2) is 0 Å². The van der Waals surface area contributed by atoms with Crippen molar-refractivity contribution in [3.05, 3.63) is 46.4 Å². The molecule has 0 bridgehead atoms. The molecule has 0 saturated carbocycles. The van der Waals surface area contributed by atoms with Gasteiger partial charge < -0.3 is 10.5 Å². The SMILES string of the molecule is COc1ccc(S(=O)(=O)Nc2cc(C)ccc2Br)c(N)c1. The molecule has 3 N–H and O–H groups in total. The normalized spacial score (nSPS) is 11.2. The van der Waals surface area contributed by atoms with Crippen molar-refractivity contribution in [3.63, 3.8) is 0 Å². The number of nitrogen functional groups attached to an aromatic ring is 1. The first-order valence-electron chi connectivity index (χ1n) is 6.06. The molecule has 7 heteroatoms. The van der Waals surface area contributed by atoms with E-state index in [0.717, 1.165) is 5.56 Å². The summed E-state index contributed by atoms with van der Waals surface area (Å²) >= 11 is 3.32. The highest BCUT2D eigenvalue weighted by Crippen LogP contribution is 2.29. The zero-order valence-electron chi connectivity index (χ0n) is 11.6. The van der Waals surface area contributed by atoms with Crippen LogP contribution in [0.25, 0.3) is 0 Å². The first kappa shape index (κ1) is 15.7. The number of hydrogen-bond acceptors (Lipinski definition) is 4. The van der Waals surface area contributed by atoms with Crippen LogP contribution in [0.4, 0.5) is 11.4 Å². The molecular weight excluding hydrogens is 356 g/mol. The van der Waals surface area contributed by atoms with Crippen LogP contribution in [0.2, 0.25) is 0 Å². The van der Waals surface area contributed by atoms with E-state index < -0.39 is 10.0 Å². The lowest BCUT2D eigenvalue weighted by Gasteiger charge is -2.12. The van der Waals surface area contributed by atoms with Crippen molar-refractivity contribution in [1.29, 1.82) is 0 Å². The van der Waals surface area contributed by atoms with E-state index in [-0.39, 0.29) is 10.6 Å². The molecule has 5 nitrogen and oxygen atoms in total. The van der Waals surface area contributed by atoms with Gasteiger partial charge in [0.05, 0.1) is 18.5 Å². The number of ether oxygens (including phenoxy) is 1. The van der Waals surface area contributed by atoms with Crippen molar-refractivity contribution in [2.45, 2.75) is 11.8 Å². The van der Waals surface area contributed by atoms with E-state index in [1.165, 1.54) is 19.2 Å². The summed E-state index contributed by atoms with van der Waals surface area (Å²) in [7, 11) is -2.28. The van der Waals surface area contributed by atoms with Crippen LogP contribution >= 0.6 is 15.9 Å². The van der Waals surface area contributed by atoms with E-state index >= 15 is 0 Å². The number of benzene rings is 2. The van der Waals surface area contributed by atoms with Crippen LogP contribution in [0.15, 0.2) is 45.8 Å². The highest BCUT2D eigenvalue weighted by atomic mass is 79.9. The average molecular weight is 371 g/mol. The molecule has 0 aliphatic rings. The van der Waals surface area contributed by atoms with Gasteiger partial charge in [-0.1, -0.05) is 6.07 Å². The highest BCUT2D eigenvalue weighted by molar-refractivity contribution is 9.10. The molecule has 2 aromatic carbocycles. The Morgan fingerprint density at radius 2 is 1.90 bits per heavy atom. The van der Waals surface area contributed by atoms with Gasteiger partial charge in [0, 0.05) is 10.5 Å². The molecule has 0 spiro atoms. The standard InChI is InChI=1S/C14H15BrN2O3S/c1-9-3-5-11(15)13(7-9)17-21(18,19)14-6-4-10(20-2)8-12(14)16/h3-8,17H,16H2,1-2H3. The molecule has 2 rings (SSSR count). The Morgan fingerprint density at radius 1 is 1.19 bits per heavy atom. The second kappa shape index (κ2) is 5.95. The summed E-state index contributed by atoms with van der Waals surface area (Å²) in [6.45, 7) is 1.88. The number of nitrogens with two attached hydrogens (primary N) is 1. The number of sulfonamides is 1. The lowest BCUT2D eigenvalue weighted by atomic mass is 10.2. The molecule has 0 aromatic heterocycles. The van der Waals surface area contributed by atoms with Crippen LogP contribution < -0.4 is 15.2 Å². The Bertz CT molecular complexity index is 776. The molecule has 0 aliphatic carbocycles. The van der Waals surface area contributed by atoms with Gasteiger partial charge in [-0.05, 0) is 52.7 Å². The van der Waals surface area contributed by atoms with Gasteiger partial charge in [-0.3, -0.25) is 4.72 Å². The second-order valence-corrected chi connectivity index (χ2v) is 7.00. The summed E-state index contributed by atoms with van der Waals surface area (Å²) in [5.74, 6) is 0.503. The monoisotopic (exact) mass is 370 g/mol. The summed E-state index contributed by atoms with van der Waals surface area (Å²) in [4.78, 5) is 0.0108. The largest absolute Gasteiger partial charge is 0.497 e.